The zero-order valence-corrected chi connectivity index (χ0v) is 11.3. The van der Waals surface area contributed by atoms with Gasteiger partial charge in [0.1, 0.15) is 0 Å². The Morgan fingerprint density at radius 2 is 2.16 bits per heavy atom. The fraction of sp³-hybridized carbons (Fsp3) is 0.467. The topological polar surface area (TPSA) is 57.6 Å². The minimum atomic E-state index is -0.924. The lowest BCUT2D eigenvalue weighted by Gasteiger charge is -2.19. The van der Waals surface area contributed by atoms with Crippen LogP contribution in [0.2, 0.25) is 0 Å². The summed E-state index contributed by atoms with van der Waals surface area (Å²) in [5, 5.41) is 8.96. The number of benzene rings is 1. The molecule has 4 nitrogen and oxygen atoms in total. The van der Waals surface area contributed by atoms with Crippen molar-refractivity contribution in [3.8, 4) is 0 Å². The van der Waals surface area contributed by atoms with Gasteiger partial charge in [-0.2, -0.15) is 0 Å². The van der Waals surface area contributed by atoms with Crippen molar-refractivity contribution in [3.05, 3.63) is 29.3 Å². The minimum absolute atomic E-state index is 0.135. The van der Waals surface area contributed by atoms with E-state index >= 15 is 0 Å². The summed E-state index contributed by atoms with van der Waals surface area (Å²) in [7, 11) is 0. The van der Waals surface area contributed by atoms with Gasteiger partial charge in [0.2, 0.25) is 5.91 Å². The van der Waals surface area contributed by atoms with Crippen LogP contribution >= 0.6 is 0 Å². The second kappa shape index (κ2) is 5.43. The molecule has 0 aromatic heterocycles. The van der Waals surface area contributed by atoms with Crippen molar-refractivity contribution < 1.29 is 14.7 Å². The smallest absolute Gasteiger partial charge is 0.335 e. The summed E-state index contributed by atoms with van der Waals surface area (Å²) in [5.74, 6) is -0.404. The Morgan fingerprint density at radius 3 is 2.79 bits per heavy atom. The van der Waals surface area contributed by atoms with Crippen LogP contribution in [0.5, 0.6) is 0 Å². The van der Waals surface area contributed by atoms with E-state index in [9.17, 15) is 9.59 Å². The molecule has 19 heavy (non-hydrogen) atoms. The van der Waals surface area contributed by atoms with Crippen LogP contribution in [0.25, 0.3) is 0 Å². The van der Waals surface area contributed by atoms with Crippen LogP contribution in [0, 0.1) is 5.92 Å². The van der Waals surface area contributed by atoms with Crippen LogP contribution in [-0.4, -0.2) is 23.5 Å². The van der Waals surface area contributed by atoms with Crippen LogP contribution < -0.4 is 4.90 Å². The Balaban J connectivity index is 2.18. The number of hydrogen-bond acceptors (Lipinski definition) is 2. The molecule has 0 bridgehead atoms. The third kappa shape index (κ3) is 2.78. The van der Waals surface area contributed by atoms with Crippen LogP contribution in [0.4, 0.5) is 5.69 Å². The summed E-state index contributed by atoms with van der Waals surface area (Å²) in [4.78, 5) is 24.9. The second-order valence-corrected chi connectivity index (χ2v) is 5.16. The maximum Gasteiger partial charge on any atom is 0.335 e. The SMILES string of the molecule is CCC(C)CC(=O)N1CCc2cc(C(=O)O)ccc21. The number of rotatable bonds is 4. The highest BCUT2D eigenvalue weighted by molar-refractivity contribution is 5.97. The van der Waals surface area contributed by atoms with Gasteiger partial charge in [-0.05, 0) is 36.1 Å². The van der Waals surface area contributed by atoms with Crippen molar-refractivity contribution in [1.82, 2.24) is 0 Å². The number of hydrogen-bond donors (Lipinski definition) is 1. The van der Waals surface area contributed by atoms with Gasteiger partial charge in [0, 0.05) is 18.7 Å². The highest BCUT2D eigenvalue weighted by Crippen LogP contribution is 2.30. The average Bonchev–Trinajstić information content (AvgIpc) is 2.81. The number of carboxylic acid groups (broad SMARTS) is 1. The van der Waals surface area contributed by atoms with Gasteiger partial charge < -0.3 is 10.0 Å². The summed E-state index contributed by atoms with van der Waals surface area (Å²) in [6, 6.07) is 4.99. The van der Waals surface area contributed by atoms with Gasteiger partial charge in [-0.3, -0.25) is 4.79 Å². The number of anilines is 1. The number of fused-ring (bicyclic) bond motifs is 1. The molecular formula is C15H19NO3. The third-order valence-corrected chi connectivity index (χ3v) is 3.74. The van der Waals surface area contributed by atoms with Crippen LogP contribution in [0.3, 0.4) is 0 Å². The first-order valence-electron chi connectivity index (χ1n) is 6.69. The Morgan fingerprint density at radius 1 is 1.42 bits per heavy atom. The molecule has 0 spiro atoms. The largest absolute Gasteiger partial charge is 0.478 e. The summed E-state index contributed by atoms with van der Waals surface area (Å²) < 4.78 is 0. The molecule has 0 saturated carbocycles. The van der Waals surface area contributed by atoms with Gasteiger partial charge in [0.15, 0.2) is 0 Å². The molecule has 1 aliphatic rings. The molecule has 2 rings (SSSR count). The lowest BCUT2D eigenvalue weighted by Crippen LogP contribution is -2.30. The van der Waals surface area contributed by atoms with E-state index in [1.807, 2.05) is 0 Å². The monoisotopic (exact) mass is 261 g/mol. The standard InChI is InChI=1S/C15H19NO3/c1-3-10(2)8-14(17)16-7-6-11-9-12(15(18)19)4-5-13(11)16/h4-5,9-10H,3,6-8H2,1-2H3,(H,18,19). The average molecular weight is 261 g/mol. The molecule has 1 unspecified atom stereocenters. The predicted molar refractivity (Wildman–Crippen MR) is 73.5 cm³/mol. The van der Waals surface area contributed by atoms with Crippen molar-refractivity contribution in [2.24, 2.45) is 5.92 Å². The maximum atomic E-state index is 12.2. The van der Waals surface area contributed by atoms with Gasteiger partial charge in [-0.1, -0.05) is 20.3 Å². The molecule has 1 aromatic carbocycles. The summed E-state index contributed by atoms with van der Waals surface area (Å²) in [6.45, 7) is 4.81. The third-order valence-electron chi connectivity index (χ3n) is 3.74. The predicted octanol–water partition coefficient (Wildman–Crippen LogP) is 2.71. The molecule has 0 fully saturated rings. The first-order chi connectivity index (χ1) is 9.02. The fourth-order valence-electron chi connectivity index (χ4n) is 2.35. The van der Waals surface area contributed by atoms with E-state index in [4.69, 9.17) is 5.11 Å². The Hall–Kier alpha value is -1.84. The molecule has 0 saturated heterocycles. The fourth-order valence-corrected chi connectivity index (χ4v) is 2.35. The van der Waals surface area contributed by atoms with E-state index in [1.165, 1.54) is 0 Å². The van der Waals surface area contributed by atoms with Gasteiger partial charge in [0.05, 0.1) is 5.56 Å². The quantitative estimate of drug-likeness (QED) is 0.906. The number of carboxylic acids is 1. The molecule has 1 amide bonds. The maximum absolute atomic E-state index is 12.2. The highest BCUT2D eigenvalue weighted by Gasteiger charge is 2.25. The van der Waals surface area contributed by atoms with E-state index in [0.717, 1.165) is 24.1 Å². The molecule has 0 radical (unpaired) electrons. The zero-order valence-electron chi connectivity index (χ0n) is 11.3. The normalized spacial score (nSPS) is 15.2. The van der Waals surface area contributed by atoms with E-state index < -0.39 is 5.97 Å². The van der Waals surface area contributed by atoms with Crippen LogP contribution in [-0.2, 0) is 11.2 Å². The summed E-state index contributed by atoms with van der Waals surface area (Å²) in [5.41, 5.74) is 2.12. The van der Waals surface area contributed by atoms with E-state index in [-0.39, 0.29) is 11.5 Å². The molecule has 4 heteroatoms. The molecule has 1 heterocycles. The first-order valence-corrected chi connectivity index (χ1v) is 6.69. The second-order valence-electron chi connectivity index (χ2n) is 5.16. The van der Waals surface area contributed by atoms with Crippen molar-refractivity contribution in [2.45, 2.75) is 33.1 Å². The van der Waals surface area contributed by atoms with Gasteiger partial charge in [-0.15, -0.1) is 0 Å². The molecule has 1 aliphatic heterocycles. The molecule has 1 N–H and O–H groups in total. The number of nitrogens with zero attached hydrogens (tertiary/aromatic N) is 1. The minimum Gasteiger partial charge on any atom is -0.478 e. The number of amides is 1. The van der Waals surface area contributed by atoms with E-state index in [2.05, 4.69) is 13.8 Å². The lowest BCUT2D eigenvalue weighted by atomic mass is 10.0. The highest BCUT2D eigenvalue weighted by atomic mass is 16.4. The van der Waals surface area contributed by atoms with Crippen molar-refractivity contribution in [3.63, 3.8) is 0 Å². The summed E-state index contributed by atoms with van der Waals surface area (Å²) >= 11 is 0. The molecule has 102 valence electrons. The molecular weight excluding hydrogens is 242 g/mol. The van der Waals surface area contributed by atoms with Crippen LogP contribution in [0.1, 0.15) is 42.6 Å². The molecule has 1 aromatic rings. The van der Waals surface area contributed by atoms with Crippen molar-refractivity contribution in [1.29, 1.82) is 0 Å². The Kier molecular flexibility index (Phi) is 3.88. The Labute approximate surface area is 113 Å². The van der Waals surface area contributed by atoms with Crippen molar-refractivity contribution >= 4 is 17.6 Å². The zero-order chi connectivity index (χ0) is 14.0. The van der Waals surface area contributed by atoms with Crippen LogP contribution in [0.15, 0.2) is 18.2 Å². The Bertz CT molecular complexity index is 510. The molecule has 1 atom stereocenters. The van der Waals surface area contributed by atoms with Gasteiger partial charge >= 0.3 is 5.97 Å². The first kappa shape index (κ1) is 13.6. The van der Waals surface area contributed by atoms with Crippen molar-refractivity contribution in [2.75, 3.05) is 11.4 Å². The number of carbonyl (C=O) groups excluding carboxylic acids is 1. The van der Waals surface area contributed by atoms with Gasteiger partial charge in [0.25, 0.3) is 0 Å². The molecule has 0 aliphatic carbocycles. The summed E-state index contributed by atoms with van der Waals surface area (Å²) in [6.07, 6.45) is 2.28. The lowest BCUT2D eigenvalue weighted by molar-refractivity contribution is -0.119. The van der Waals surface area contributed by atoms with E-state index in [1.54, 1.807) is 23.1 Å². The number of carbonyl (C=O) groups is 2. The van der Waals surface area contributed by atoms with Gasteiger partial charge in [-0.25, -0.2) is 4.79 Å². The number of aromatic carboxylic acids is 1. The van der Waals surface area contributed by atoms with E-state index in [0.29, 0.717) is 18.9 Å².